The van der Waals surface area contributed by atoms with Crippen LogP contribution in [0.15, 0.2) is 42.6 Å². The van der Waals surface area contributed by atoms with E-state index >= 15 is 0 Å². The summed E-state index contributed by atoms with van der Waals surface area (Å²) < 4.78 is 5.31. The minimum atomic E-state index is 0.0281. The van der Waals surface area contributed by atoms with Crippen molar-refractivity contribution in [1.29, 1.82) is 0 Å². The molecule has 0 unspecified atom stereocenters. The van der Waals surface area contributed by atoms with Gasteiger partial charge in [-0.05, 0) is 56.3 Å². The van der Waals surface area contributed by atoms with E-state index in [1.807, 2.05) is 12.1 Å². The molecule has 0 aliphatic carbocycles. The average molecular weight is 396 g/mol. The van der Waals surface area contributed by atoms with Gasteiger partial charge in [0.2, 0.25) is 5.91 Å². The van der Waals surface area contributed by atoms with Crippen LogP contribution in [-0.4, -0.2) is 62.2 Å². The molecular weight excluding hydrogens is 366 g/mol. The van der Waals surface area contributed by atoms with Crippen molar-refractivity contribution in [3.63, 3.8) is 0 Å². The maximum atomic E-state index is 12.3. The number of piperazine rings is 1. The monoisotopic (exact) mass is 395 g/mol. The molecular formula is C22H29N5O2. The Bertz CT molecular complexity index is 795. The van der Waals surface area contributed by atoms with Gasteiger partial charge in [0.1, 0.15) is 5.82 Å². The first-order valence-electron chi connectivity index (χ1n) is 10.3. The first-order valence-corrected chi connectivity index (χ1v) is 10.3. The summed E-state index contributed by atoms with van der Waals surface area (Å²) >= 11 is 0. The number of hydrogen-bond donors (Lipinski definition) is 2. The number of anilines is 4. The van der Waals surface area contributed by atoms with E-state index in [1.165, 1.54) is 5.69 Å². The lowest BCUT2D eigenvalue weighted by atomic mass is 9.99. The number of pyridine rings is 1. The smallest absolute Gasteiger partial charge is 0.227 e. The van der Waals surface area contributed by atoms with Crippen LogP contribution in [0.1, 0.15) is 12.8 Å². The lowest BCUT2D eigenvalue weighted by Crippen LogP contribution is -2.44. The van der Waals surface area contributed by atoms with Crippen molar-refractivity contribution in [2.75, 3.05) is 62.0 Å². The van der Waals surface area contributed by atoms with Crippen LogP contribution in [-0.2, 0) is 9.53 Å². The van der Waals surface area contributed by atoms with Gasteiger partial charge in [0.15, 0.2) is 0 Å². The zero-order valence-corrected chi connectivity index (χ0v) is 16.9. The summed E-state index contributed by atoms with van der Waals surface area (Å²) in [4.78, 5) is 21.5. The minimum absolute atomic E-state index is 0.0281. The van der Waals surface area contributed by atoms with Gasteiger partial charge in [-0.3, -0.25) is 4.79 Å². The molecule has 0 radical (unpaired) electrons. The summed E-state index contributed by atoms with van der Waals surface area (Å²) in [7, 11) is 2.17. The zero-order valence-electron chi connectivity index (χ0n) is 16.9. The number of benzene rings is 1. The van der Waals surface area contributed by atoms with Crippen LogP contribution in [0, 0.1) is 5.92 Å². The van der Waals surface area contributed by atoms with Crippen molar-refractivity contribution in [2.24, 2.45) is 5.92 Å². The third-order valence-corrected chi connectivity index (χ3v) is 5.63. The van der Waals surface area contributed by atoms with Crippen LogP contribution in [0.5, 0.6) is 0 Å². The van der Waals surface area contributed by atoms with Gasteiger partial charge >= 0.3 is 0 Å². The molecule has 7 heteroatoms. The highest BCUT2D eigenvalue weighted by Gasteiger charge is 2.21. The Morgan fingerprint density at radius 2 is 1.69 bits per heavy atom. The van der Waals surface area contributed by atoms with Crippen molar-refractivity contribution in [2.45, 2.75) is 12.8 Å². The van der Waals surface area contributed by atoms with E-state index in [0.29, 0.717) is 13.2 Å². The van der Waals surface area contributed by atoms with E-state index in [2.05, 4.69) is 56.7 Å². The Labute approximate surface area is 172 Å². The normalized spacial score (nSPS) is 18.4. The molecule has 0 atom stereocenters. The van der Waals surface area contributed by atoms with Crippen molar-refractivity contribution in [3.8, 4) is 0 Å². The van der Waals surface area contributed by atoms with Gasteiger partial charge in [-0.2, -0.15) is 0 Å². The van der Waals surface area contributed by atoms with Crippen molar-refractivity contribution in [3.05, 3.63) is 42.6 Å². The first-order chi connectivity index (χ1) is 14.2. The van der Waals surface area contributed by atoms with Gasteiger partial charge in [0.05, 0.1) is 11.9 Å². The Morgan fingerprint density at radius 3 is 2.34 bits per heavy atom. The van der Waals surface area contributed by atoms with Crippen LogP contribution in [0.25, 0.3) is 0 Å². The molecule has 0 spiro atoms. The van der Waals surface area contributed by atoms with Gasteiger partial charge in [-0.25, -0.2) is 4.98 Å². The van der Waals surface area contributed by atoms with Crippen molar-refractivity contribution in [1.82, 2.24) is 9.88 Å². The van der Waals surface area contributed by atoms with Crippen molar-refractivity contribution >= 4 is 28.8 Å². The molecule has 2 fully saturated rings. The molecule has 2 aromatic rings. The number of rotatable bonds is 5. The highest BCUT2D eigenvalue weighted by Crippen LogP contribution is 2.22. The number of nitrogens with zero attached hydrogens (tertiary/aromatic N) is 3. The van der Waals surface area contributed by atoms with Gasteiger partial charge in [0.25, 0.3) is 0 Å². The lowest BCUT2D eigenvalue weighted by molar-refractivity contribution is -0.122. The number of aromatic nitrogens is 1. The van der Waals surface area contributed by atoms with Gasteiger partial charge < -0.3 is 25.2 Å². The SMILES string of the molecule is CN1CCN(c2ccc(Nc3ccc(NC(=O)C4CCOCC4)cn3)cc2)CC1. The summed E-state index contributed by atoms with van der Waals surface area (Å²) in [6.45, 7) is 5.64. The molecule has 4 rings (SSSR count). The summed E-state index contributed by atoms with van der Waals surface area (Å²) in [5.74, 6) is 0.831. The molecule has 1 amide bonds. The highest BCUT2D eigenvalue weighted by atomic mass is 16.5. The third-order valence-electron chi connectivity index (χ3n) is 5.63. The molecule has 0 bridgehead atoms. The van der Waals surface area contributed by atoms with E-state index in [1.54, 1.807) is 6.20 Å². The van der Waals surface area contributed by atoms with Crippen LogP contribution in [0.4, 0.5) is 22.9 Å². The molecule has 7 nitrogen and oxygen atoms in total. The second-order valence-electron chi connectivity index (χ2n) is 7.77. The molecule has 154 valence electrons. The molecule has 3 heterocycles. The molecule has 2 aliphatic rings. The van der Waals surface area contributed by atoms with Crippen LogP contribution in [0.3, 0.4) is 0 Å². The number of ether oxygens (including phenoxy) is 1. The summed E-state index contributed by atoms with van der Waals surface area (Å²) in [5.41, 5.74) is 2.97. The summed E-state index contributed by atoms with van der Waals surface area (Å²) in [5, 5.41) is 6.27. The van der Waals surface area contributed by atoms with E-state index in [4.69, 9.17) is 4.74 Å². The quantitative estimate of drug-likeness (QED) is 0.811. The Kier molecular flexibility index (Phi) is 6.27. The number of hydrogen-bond acceptors (Lipinski definition) is 6. The minimum Gasteiger partial charge on any atom is -0.381 e. The average Bonchev–Trinajstić information content (AvgIpc) is 2.77. The molecule has 1 aromatic carbocycles. The largest absolute Gasteiger partial charge is 0.381 e. The standard InChI is InChI=1S/C22H29N5O2/c1-26-10-12-27(13-11-26)20-5-2-18(3-6-20)24-21-7-4-19(16-23-21)25-22(28)17-8-14-29-15-9-17/h2-7,16-17H,8-15H2,1H3,(H,23,24)(H,25,28). The second-order valence-corrected chi connectivity index (χ2v) is 7.77. The molecule has 2 saturated heterocycles. The summed E-state index contributed by atoms with van der Waals surface area (Å²) in [6, 6.07) is 12.2. The number of carbonyl (C=O) groups is 1. The fraction of sp³-hybridized carbons (Fsp3) is 0.455. The number of amides is 1. The van der Waals surface area contributed by atoms with E-state index in [0.717, 1.165) is 56.2 Å². The fourth-order valence-electron chi connectivity index (χ4n) is 3.71. The molecule has 2 aliphatic heterocycles. The predicted octanol–water partition coefficient (Wildman–Crippen LogP) is 2.94. The first kappa shape index (κ1) is 19.7. The number of likely N-dealkylation sites (N-methyl/N-ethyl adjacent to an activating group) is 1. The third kappa shape index (κ3) is 5.25. The predicted molar refractivity (Wildman–Crippen MR) is 116 cm³/mol. The number of nitrogens with one attached hydrogen (secondary N) is 2. The Hall–Kier alpha value is -2.64. The Balaban J connectivity index is 1.31. The van der Waals surface area contributed by atoms with E-state index in [-0.39, 0.29) is 11.8 Å². The molecule has 1 aromatic heterocycles. The second kappa shape index (κ2) is 9.24. The molecule has 0 saturated carbocycles. The highest BCUT2D eigenvalue weighted by molar-refractivity contribution is 5.92. The van der Waals surface area contributed by atoms with E-state index < -0.39 is 0 Å². The fourth-order valence-corrected chi connectivity index (χ4v) is 3.71. The van der Waals surface area contributed by atoms with Crippen molar-refractivity contribution < 1.29 is 9.53 Å². The molecule has 2 N–H and O–H groups in total. The van der Waals surface area contributed by atoms with Gasteiger partial charge in [-0.1, -0.05) is 0 Å². The van der Waals surface area contributed by atoms with Crippen LogP contribution in [0.2, 0.25) is 0 Å². The molecule has 29 heavy (non-hydrogen) atoms. The van der Waals surface area contributed by atoms with Gasteiger partial charge in [-0.15, -0.1) is 0 Å². The number of carbonyl (C=O) groups excluding carboxylic acids is 1. The summed E-state index contributed by atoms with van der Waals surface area (Å²) in [6.07, 6.45) is 3.25. The van der Waals surface area contributed by atoms with Crippen LogP contribution >= 0.6 is 0 Å². The zero-order chi connectivity index (χ0) is 20.1. The van der Waals surface area contributed by atoms with Crippen LogP contribution < -0.4 is 15.5 Å². The Morgan fingerprint density at radius 1 is 1.00 bits per heavy atom. The topological polar surface area (TPSA) is 69.7 Å². The van der Waals surface area contributed by atoms with Gasteiger partial charge in [0, 0.05) is 56.7 Å². The lowest BCUT2D eigenvalue weighted by Gasteiger charge is -2.34. The van der Waals surface area contributed by atoms with E-state index in [9.17, 15) is 4.79 Å². The maximum Gasteiger partial charge on any atom is 0.227 e. The maximum absolute atomic E-state index is 12.3.